The molecule has 0 unspecified atom stereocenters. The summed E-state index contributed by atoms with van der Waals surface area (Å²) in [4.78, 5) is 0. The van der Waals surface area contributed by atoms with Crippen LogP contribution >= 0.6 is 31.9 Å². The molecule has 0 fully saturated rings. The number of ether oxygens (including phenoxy) is 1. The monoisotopic (exact) mass is 346 g/mol. The molecular formula is C9H7Br2F3O. The van der Waals surface area contributed by atoms with Crippen molar-refractivity contribution in [3.05, 3.63) is 27.7 Å². The van der Waals surface area contributed by atoms with Crippen molar-refractivity contribution in [3.8, 4) is 5.75 Å². The maximum Gasteiger partial charge on any atom is 0.416 e. The van der Waals surface area contributed by atoms with E-state index in [9.17, 15) is 13.2 Å². The SMILES string of the molecule is COc1c(Br)ccc(C(F)(F)F)c1CBr. The van der Waals surface area contributed by atoms with E-state index in [2.05, 4.69) is 31.9 Å². The Balaban J connectivity index is 3.42. The molecule has 0 spiro atoms. The topological polar surface area (TPSA) is 9.23 Å². The van der Waals surface area contributed by atoms with Crippen molar-refractivity contribution >= 4 is 31.9 Å². The number of rotatable bonds is 2. The molecule has 0 aromatic heterocycles. The van der Waals surface area contributed by atoms with Crippen molar-refractivity contribution in [2.24, 2.45) is 0 Å². The third kappa shape index (κ3) is 2.66. The van der Waals surface area contributed by atoms with E-state index in [4.69, 9.17) is 4.74 Å². The van der Waals surface area contributed by atoms with Crippen LogP contribution in [-0.4, -0.2) is 7.11 Å². The van der Waals surface area contributed by atoms with Crippen LogP contribution in [0.3, 0.4) is 0 Å². The Kier molecular flexibility index (Phi) is 4.06. The van der Waals surface area contributed by atoms with Gasteiger partial charge in [-0.1, -0.05) is 15.9 Å². The van der Waals surface area contributed by atoms with Gasteiger partial charge >= 0.3 is 6.18 Å². The first-order valence-corrected chi connectivity index (χ1v) is 5.81. The average molecular weight is 348 g/mol. The molecule has 1 rings (SSSR count). The normalized spacial score (nSPS) is 11.6. The summed E-state index contributed by atoms with van der Waals surface area (Å²) < 4.78 is 43.2. The Morgan fingerprint density at radius 1 is 1.33 bits per heavy atom. The lowest BCUT2D eigenvalue weighted by Crippen LogP contribution is -2.09. The Morgan fingerprint density at radius 3 is 2.33 bits per heavy atom. The van der Waals surface area contributed by atoms with Gasteiger partial charge in [-0.15, -0.1) is 0 Å². The second-order valence-electron chi connectivity index (χ2n) is 2.74. The highest BCUT2D eigenvalue weighted by molar-refractivity contribution is 9.10. The third-order valence-electron chi connectivity index (χ3n) is 1.86. The lowest BCUT2D eigenvalue weighted by atomic mass is 10.1. The van der Waals surface area contributed by atoms with Gasteiger partial charge in [0.1, 0.15) is 5.75 Å². The zero-order chi connectivity index (χ0) is 11.6. The van der Waals surface area contributed by atoms with Gasteiger partial charge in [-0.2, -0.15) is 13.2 Å². The molecular weight excluding hydrogens is 341 g/mol. The molecule has 84 valence electrons. The van der Waals surface area contributed by atoms with E-state index in [1.54, 1.807) is 0 Å². The number of hydrogen-bond acceptors (Lipinski definition) is 1. The lowest BCUT2D eigenvalue weighted by Gasteiger charge is -2.15. The summed E-state index contributed by atoms with van der Waals surface area (Å²) in [6, 6.07) is 2.36. The van der Waals surface area contributed by atoms with Gasteiger partial charge in [0, 0.05) is 10.9 Å². The summed E-state index contributed by atoms with van der Waals surface area (Å²) in [6.45, 7) is 0. The maximum absolute atomic E-state index is 12.6. The molecule has 0 aliphatic carbocycles. The molecule has 0 radical (unpaired) electrons. The second-order valence-corrected chi connectivity index (χ2v) is 4.15. The van der Waals surface area contributed by atoms with E-state index < -0.39 is 11.7 Å². The molecule has 15 heavy (non-hydrogen) atoms. The minimum atomic E-state index is -4.36. The average Bonchev–Trinajstić information content (AvgIpc) is 2.15. The van der Waals surface area contributed by atoms with Gasteiger partial charge in [-0.25, -0.2) is 0 Å². The van der Waals surface area contributed by atoms with Gasteiger partial charge in [0.15, 0.2) is 0 Å². The second kappa shape index (κ2) is 4.74. The molecule has 0 heterocycles. The molecule has 6 heteroatoms. The first-order valence-electron chi connectivity index (χ1n) is 3.90. The van der Waals surface area contributed by atoms with Crippen LogP contribution in [0.4, 0.5) is 13.2 Å². The molecule has 0 saturated heterocycles. The van der Waals surface area contributed by atoms with Crippen LogP contribution in [0.25, 0.3) is 0 Å². The van der Waals surface area contributed by atoms with Crippen LogP contribution in [0.2, 0.25) is 0 Å². The molecule has 0 bridgehead atoms. The van der Waals surface area contributed by atoms with Crippen molar-refractivity contribution in [1.82, 2.24) is 0 Å². The smallest absolute Gasteiger partial charge is 0.416 e. The third-order valence-corrected chi connectivity index (χ3v) is 3.04. The van der Waals surface area contributed by atoms with Gasteiger partial charge in [0.25, 0.3) is 0 Å². The standard InChI is InChI=1S/C9H7Br2F3O/c1-15-8-5(4-10)6(9(12,13)14)2-3-7(8)11/h2-3H,4H2,1H3. The van der Waals surface area contributed by atoms with Gasteiger partial charge in [0.05, 0.1) is 17.1 Å². The molecule has 0 atom stereocenters. The van der Waals surface area contributed by atoms with Crippen molar-refractivity contribution in [1.29, 1.82) is 0 Å². The van der Waals surface area contributed by atoms with Crippen LogP contribution in [0.5, 0.6) is 5.75 Å². The predicted molar refractivity (Wildman–Crippen MR) is 58.3 cm³/mol. The van der Waals surface area contributed by atoms with Crippen LogP contribution < -0.4 is 4.74 Å². The van der Waals surface area contributed by atoms with E-state index in [1.165, 1.54) is 13.2 Å². The Hall–Kier alpha value is -0.230. The predicted octanol–water partition coefficient (Wildman–Crippen LogP) is 4.37. The highest BCUT2D eigenvalue weighted by atomic mass is 79.9. The molecule has 0 aliphatic heterocycles. The molecule has 1 aromatic carbocycles. The summed E-state index contributed by atoms with van der Waals surface area (Å²) in [5.41, 5.74) is -0.584. The maximum atomic E-state index is 12.6. The fraction of sp³-hybridized carbons (Fsp3) is 0.333. The largest absolute Gasteiger partial charge is 0.495 e. The highest BCUT2D eigenvalue weighted by Crippen LogP contribution is 2.40. The summed E-state index contributed by atoms with van der Waals surface area (Å²) in [6.07, 6.45) is -4.36. The van der Waals surface area contributed by atoms with Crippen molar-refractivity contribution in [2.75, 3.05) is 7.11 Å². The summed E-state index contributed by atoms with van der Waals surface area (Å²) in [7, 11) is 1.34. The first-order chi connectivity index (χ1) is 6.91. The minimum absolute atomic E-state index is 0.0878. The molecule has 1 aromatic rings. The number of benzene rings is 1. The van der Waals surface area contributed by atoms with Crippen molar-refractivity contribution in [3.63, 3.8) is 0 Å². The lowest BCUT2D eigenvalue weighted by molar-refractivity contribution is -0.138. The molecule has 0 saturated carbocycles. The number of halogens is 5. The first kappa shape index (κ1) is 12.8. The van der Waals surface area contributed by atoms with Gasteiger partial charge in [0.2, 0.25) is 0 Å². The quantitative estimate of drug-likeness (QED) is 0.722. The molecule has 0 N–H and O–H groups in total. The van der Waals surface area contributed by atoms with Crippen LogP contribution in [0.15, 0.2) is 16.6 Å². The zero-order valence-corrected chi connectivity index (χ0v) is 10.8. The van der Waals surface area contributed by atoms with E-state index in [-0.39, 0.29) is 16.6 Å². The summed E-state index contributed by atoms with van der Waals surface area (Å²) >= 11 is 6.16. The fourth-order valence-electron chi connectivity index (χ4n) is 1.22. The summed E-state index contributed by atoms with van der Waals surface area (Å²) in [5.74, 6) is 0.210. The summed E-state index contributed by atoms with van der Waals surface area (Å²) in [5, 5.41) is 0.0878. The van der Waals surface area contributed by atoms with Crippen LogP contribution in [0, 0.1) is 0 Å². The highest BCUT2D eigenvalue weighted by Gasteiger charge is 2.34. The van der Waals surface area contributed by atoms with E-state index in [0.29, 0.717) is 4.47 Å². The number of methoxy groups -OCH3 is 1. The molecule has 0 amide bonds. The molecule has 0 aliphatic rings. The Morgan fingerprint density at radius 2 is 1.93 bits per heavy atom. The number of alkyl halides is 4. The molecule has 1 nitrogen and oxygen atoms in total. The van der Waals surface area contributed by atoms with Crippen molar-refractivity contribution in [2.45, 2.75) is 11.5 Å². The van der Waals surface area contributed by atoms with Crippen LogP contribution in [-0.2, 0) is 11.5 Å². The fourth-order valence-corrected chi connectivity index (χ4v) is 2.31. The van der Waals surface area contributed by atoms with E-state index in [1.807, 2.05) is 0 Å². The Bertz CT molecular complexity index is 363. The van der Waals surface area contributed by atoms with Gasteiger partial charge < -0.3 is 4.74 Å². The Labute approximate surface area is 102 Å². The van der Waals surface area contributed by atoms with E-state index >= 15 is 0 Å². The van der Waals surface area contributed by atoms with Crippen molar-refractivity contribution < 1.29 is 17.9 Å². The zero-order valence-electron chi connectivity index (χ0n) is 7.66. The van der Waals surface area contributed by atoms with E-state index in [0.717, 1.165) is 6.07 Å². The van der Waals surface area contributed by atoms with Gasteiger partial charge in [-0.3, -0.25) is 0 Å². The van der Waals surface area contributed by atoms with Crippen LogP contribution in [0.1, 0.15) is 11.1 Å². The number of hydrogen-bond donors (Lipinski definition) is 0. The van der Waals surface area contributed by atoms with Gasteiger partial charge in [-0.05, 0) is 28.1 Å². The minimum Gasteiger partial charge on any atom is -0.495 e.